The maximum Gasteiger partial charge on any atom is 0.164 e. The number of likely N-dealkylation sites (tertiary alicyclic amines) is 1. The third-order valence-electron chi connectivity index (χ3n) is 3.77. The van der Waals surface area contributed by atoms with Crippen molar-refractivity contribution in [3.05, 3.63) is 0 Å². The van der Waals surface area contributed by atoms with Gasteiger partial charge in [0.05, 0.1) is 0 Å². The summed E-state index contributed by atoms with van der Waals surface area (Å²) in [5.74, 6) is 0.328. The lowest BCUT2D eigenvalue weighted by Crippen LogP contribution is -2.51. The first-order valence-corrected chi connectivity index (χ1v) is 7.58. The lowest BCUT2D eigenvalue weighted by atomic mass is 9.85. The first-order chi connectivity index (χ1) is 8.68. The summed E-state index contributed by atoms with van der Waals surface area (Å²) < 4.78 is 5.98. The maximum absolute atomic E-state index is 12.3. The summed E-state index contributed by atoms with van der Waals surface area (Å²) in [6.45, 7) is 10.2. The fraction of sp³-hybridized carbons (Fsp3) is 0.933. The lowest BCUT2D eigenvalue weighted by molar-refractivity contribution is -0.152. The van der Waals surface area contributed by atoms with Crippen LogP contribution in [0.1, 0.15) is 59.3 Å². The molecule has 0 bridgehead atoms. The van der Waals surface area contributed by atoms with E-state index in [1.807, 2.05) is 0 Å². The van der Waals surface area contributed by atoms with Gasteiger partial charge in [0.15, 0.2) is 5.78 Å². The minimum absolute atomic E-state index is 0.328. The van der Waals surface area contributed by atoms with Crippen LogP contribution in [0.15, 0.2) is 0 Å². The van der Waals surface area contributed by atoms with Gasteiger partial charge in [-0.1, -0.05) is 20.8 Å². The molecule has 0 aliphatic carbocycles. The second-order valence-electron chi connectivity index (χ2n) is 5.36. The summed E-state index contributed by atoms with van der Waals surface area (Å²) in [4.78, 5) is 14.8. The average molecular weight is 255 g/mol. The van der Waals surface area contributed by atoms with Crippen LogP contribution in [-0.4, -0.2) is 42.5 Å². The van der Waals surface area contributed by atoms with Gasteiger partial charge in [-0.3, -0.25) is 4.79 Å². The molecular formula is C15H29NO2. The van der Waals surface area contributed by atoms with Crippen molar-refractivity contribution in [2.45, 2.75) is 64.9 Å². The molecule has 1 aliphatic rings. The number of rotatable bonds is 8. The molecule has 18 heavy (non-hydrogen) atoms. The van der Waals surface area contributed by atoms with E-state index in [9.17, 15) is 4.79 Å². The summed E-state index contributed by atoms with van der Waals surface area (Å²) in [5.41, 5.74) is -0.462. The highest BCUT2D eigenvalue weighted by Crippen LogP contribution is 2.29. The van der Waals surface area contributed by atoms with Crippen molar-refractivity contribution >= 4 is 5.78 Å². The van der Waals surface area contributed by atoms with Gasteiger partial charge in [0.25, 0.3) is 0 Å². The Morgan fingerprint density at radius 1 is 1.11 bits per heavy atom. The summed E-state index contributed by atoms with van der Waals surface area (Å²) >= 11 is 0. The molecule has 3 heteroatoms. The Balaban J connectivity index is 2.60. The summed E-state index contributed by atoms with van der Waals surface area (Å²) in [6, 6.07) is 0. The molecule has 106 valence electrons. The van der Waals surface area contributed by atoms with Crippen molar-refractivity contribution in [3.63, 3.8) is 0 Å². The van der Waals surface area contributed by atoms with E-state index in [4.69, 9.17) is 4.74 Å². The topological polar surface area (TPSA) is 29.5 Å². The number of carbonyl (C=O) groups is 1. The van der Waals surface area contributed by atoms with E-state index in [0.29, 0.717) is 18.8 Å². The van der Waals surface area contributed by atoms with Gasteiger partial charge in [0.2, 0.25) is 0 Å². The largest absolute Gasteiger partial charge is 0.367 e. The molecule has 1 rings (SSSR count). The minimum atomic E-state index is -0.462. The molecule has 1 heterocycles. The molecule has 0 unspecified atom stereocenters. The van der Waals surface area contributed by atoms with E-state index in [1.54, 1.807) is 0 Å². The van der Waals surface area contributed by atoms with Gasteiger partial charge < -0.3 is 9.64 Å². The number of carbonyl (C=O) groups excluding carboxylic acids is 1. The number of hydrogen-bond acceptors (Lipinski definition) is 3. The van der Waals surface area contributed by atoms with Crippen LogP contribution in [0.25, 0.3) is 0 Å². The zero-order valence-corrected chi connectivity index (χ0v) is 12.3. The molecule has 0 radical (unpaired) electrons. The molecule has 0 aromatic rings. The summed E-state index contributed by atoms with van der Waals surface area (Å²) in [5, 5.41) is 0. The van der Waals surface area contributed by atoms with E-state index in [-0.39, 0.29) is 0 Å². The first kappa shape index (κ1) is 15.6. The SMILES string of the molecule is CCCOC1(C(=O)CCC)CCN(CCC)CC1. The Labute approximate surface area is 112 Å². The van der Waals surface area contributed by atoms with Gasteiger partial charge in [-0.05, 0) is 38.6 Å². The Kier molecular flexibility index (Phi) is 6.87. The Morgan fingerprint density at radius 2 is 1.78 bits per heavy atom. The molecule has 0 N–H and O–H groups in total. The number of nitrogens with zero attached hydrogens (tertiary/aromatic N) is 1. The second kappa shape index (κ2) is 7.90. The van der Waals surface area contributed by atoms with Gasteiger partial charge in [-0.15, -0.1) is 0 Å². The molecular weight excluding hydrogens is 226 g/mol. The van der Waals surface area contributed by atoms with Crippen LogP contribution in [0.2, 0.25) is 0 Å². The van der Waals surface area contributed by atoms with Crippen molar-refractivity contribution in [1.29, 1.82) is 0 Å². The van der Waals surface area contributed by atoms with E-state index >= 15 is 0 Å². The zero-order valence-electron chi connectivity index (χ0n) is 12.3. The van der Waals surface area contributed by atoms with Crippen LogP contribution in [0.5, 0.6) is 0 Å². The van der Waals surface area contributed by atoms with Crippen molar-refractivity contribution < 1.29 is 9.53 Å². The monoisotopic (exact) mass is 255 g/mol. The molecule has 0 saturated carbocycles. The van der Waals surface area contributed by atoms with Gasteiger partial charge in [0.1, 0.15) is 5.60 Å². The Bertz CT molecular complexity index is 245. The van der Waals surface area contributed by atoms with Crippen molar-refractivity contribution in [1.82, 2.24) is 4.90 Å². The van der Waals surface area contributed by atoms with Crippen LogP contribution in [0.3, 0.4) is 0 Å². The molecule has 1 aliphatic heterocycles. The average Bonchev–Trinajstić information content (AvgIpc) is 2.39. The van der Waals surface area contributed by atoms with Crippen molar-refractivity contribution in [2.24, 2.45) is 0 Å². The van der Waals surface area contributed by atoms with Crippen LogP contribution < -0.4 is 0 Å². The fourth-order valence-electron chi connectivity index (χ4n) is 2.71. The molecule has 0 atom stereocenters. The lowest BCUT2D eigenvalue weighted by Gasteiger charge is -2.40. The van der Waals surface area contributed by atoms with Crippen molar-refractivity contribution in [3.8, 4) is 0 Å². The van der Waals surface area contributed by atoms with Crippen LogP contribution in [0.4, 0.5) is 0 Å². The number of piperidine rings is 1. The standard InChI is InChI=1S/C15H29NO2/c1-4-7-14(17)15(18-13-6-3)8-11-16(10-5-2)12-9-15/h4-13H2,1-3H3. The highest BCUT2D eigenvalue weighted by atomic mass is 16.5. The van der Waals surface area contributed by atoms with E-state index in [0.717, 1.165) is 45.3 Å². The van der Waals surface area contributed by atoms with Gasteiger partial charge >= 0.3 is 0 Å². The summed E-state index contributed by atoms with van der Waals surface area (Å²) in [7, 11) is 0. The zero-order chi connectivity index (χ0) is 13.4. The van der Waals surface area contributed by atoms with Gasteiger partial charge in [0, 0.05) is 26.1 Å². The van der Waals surface area contributed by atoms with Crippen LogP contribution >= 0.6 is 0 Å². The highest BCUT2D eigenvalue weighted by molar-refractivity contribution is 5.87. The third-order valence-corrected chi connectivity index (χ3v) is 3.77. The van der Waals surface area contributed by atoms with Gasteiger partial charge in [-0.2, -0.15) is 0 Å². The van der Waals surface area contributed by atoms with E-state index in [1.165, 1.54) is 6.42 Å². The Hall–Kier alpha value is -0.410. The highest BCUT2D eigenvalue weighted by Gasteiger charge is 2.40. The number of hydrogen-bond donors (Lipinski definition) is 0. The number of ether oxygens (including phenoxy) is 1. The molecule has 1 fully saturated rings. The summed E-state index contributed by atoms with van der Waals surface area (Å²) in [6.07, 6.45) is 5.52. The molecule has 1 saturated heterocycles. The predicted molar refractivity (Wildman–Crippen MR) is 74.9 cm³/mol. The van der Waals surface area contributed by atoms with Crippen molar-refractivity contribution in [2.75, 3.05) is 26.2 Å². The Morgan fingerprint density at radius 3 is 2.28 bits per heavy atom. The molecule has 0 spiro atoms. The quantitative estimate of drug-likeness (QED) is 0.667. The van der Waals surface area contributed by atoms with E-state index < -0.39 is 5.60 Å². The third kappa shape index (κ3) is 4.06. The first-order valence-electron chi connectivity index (χ1n) is 7.58. The maximum atomic E-state index is 12.3. The molecule has 0 aromatic carbocycles. The smallest absolute Gasteiger partial charge is 0.164 e. The number of ketones is 1. The molecule has 3 nitrogen and oxygen atoms in total. The van der Waals surface area contributed by atoms with Crippen LogP contribution in [-0.2, 0) is 9.53 Å². The van der Waals surface area contributed by atoms with Gasteiger partial charge in [-0.25, -0.2) is 0 Å². The van der Waals surface area contributed by atoms with E-state index in [2.05, 4.69) is 25.7 Å². The molecule has 0 aromatic heterocycles. The second-order valence-corrected chi connectivity index (χ2v) is 5.36. The minimum Gasteiger partial charge on any atom is -0.367 e. The predicted octanol–water partition coefficient (Wildman–Crippen LogP) is 3.03. The normalized spacial score (nSPS) is 19.9. The number of Topliss-reactive ketones (excluding diaryl/α,β-unsaturated/α-hetero) is 1. The fourth-order valence-corrected chi connectivity index (χ4v) is 2.71. The van der Waals surface area contributed by atoms with Crippen LogP contribution in [0, 0.1) is 0 Å². The molecule has 0 amide bonds.